The van der Waals surface area contributed by atoms with Crippen molar-refractivity contribution in [1.82, 2.24) is 9.97 Å². The summed E-state index contributed by atoms with van der Waals surface area (Å²) in [5.74, 6) is 3.63. The quantitative estimate of drug-likeness (QED) is 0.881. The van der Waals surface area contributed by atoms with Gasteiger partial charge in [0.1, 0.15) is 17.5 Å². The third-order valence-electron chi connectivity index (χ3n) is 3.14. The van der Waals surface area contributed by atoms with Crippen LogP contribution in [0.1, 0.15) is 11.4 Å². The molecule has 1 aromatic heterocycles. The van der Waals surface area contributed by atoms with Crippen molar-refractivity contribution in [2.75, 3.05) is 31.9 Å². The van der Waals surface area contributed by atoms with Crippen molar-refractivity contribution in [3.8, 4) is 11.5 Å². The molecule has 2 aromatic rings. The molecule has 1 heterocycles. The third kappa shape index (κ3) is 3.16. The lowest BCUT2D eigenvalue weighted by molar-refractivity contribution is 0.355. The number of hydrogen-bond donors (Lipinski definition) is 2. The first kappa shape index (κ1) is 14.9. The first-order valence-corrected chi connectivity index (χ1v) is 6.61. The summed E-state index contributed by atoms with van der Waals surface area (Å²) in [7, 11) is 5.07. The van der Waals surface area contributed by atoms with E-state index < -0.39 is 0 Å². The van der Waals surface area contributed by atoms with Crippen molar-refractivity contribution in [3.05, 3.63) is 29.6 Å². The maximum absolute atomic E-state index is 5.30. The summed E-state index contributed by atoms with van der Waals surface area (Å²) >= 11 is 0. The minimum Gasteiger partial charge on any atom is -0.493 e. The normalized spacial score (nSPS) is 10.1. The van der Waals surface area contributed by atoms with Gasteiger partial charge in [0.2, 0.25) is 0 Å². The Balaban J connectivity index is 2.36. The minimum atomic E-state index is 0.666. The molecule has 0 bridgehead atoms. The van der Waals surface area contributed by atoms with E-state index in [-0.39, 0.29) is 0 Å². The first-order chi connectivity index (χ1) is 10.1. The molecule has 0 aliphatic rings. The van der Waals surface area contributed by atoms with E-state index in [1.165, 1.54) is 0 Å². The highest BCUT2D eigenvalue weighted by molar-refractivity contribution is 5.66. The zero-order valence-corrected chi connectivity index (χ0v) is 12.9. The maximum atomic E-state index is 5.30. The van der Waals surface area contributed by atoms with E-state index in [4.69, 9.17) is 9.47 Å². The van der Waals surface area contributed by atoms with Crippen LogP contribution in [-0.4, -0.2) is 31.2 Å². The van der Waals surface area contributed by atoms with E-state index >= 15 is 0 Å². The second-order valence-electron chi connectivity index (χ2n) is 4.54. The van der Waals surface area contributed by atoms with Crippen LogP contribution < -0.4 is 20.1 Å². The summed E-state index contributed by atoms with van der Waals surface area (Å²) in [5, 5.41) is 6.35. The number of methoxy groups -OCH3 is 2. The average Bonchev–Trinajstić information content (AvgIpc) is 2.50. The van der Waals surface area contributed by atoms with E-state index in [0.717, 1.165) is 22.9 Å². The molecule has 0 atom stereocenters. The summed E-state index contributed by atoms with van der Waals surface area (Å²) in [6.07, 6.45) is 0. The van der Waals surface area contributed by atoms with Gasteiger partial charge in [0.25, 0.3) is 0 Å². The highest BCUT2D eigenvalue weighted by Gasteiger charge is 2.10. The molecule has 2 rings (SSSR count). The Bertz CT molecular complexity index is 644. The van der Waals surface area contributed by atoms with Crippen molar-refractivity contribution in [3.63, 3.8) is 0 Å². The number of aromatic nitrogens is 2. The summed E-state index contributed by atoms with van der Waals surface area (Å²) in [6, 6.07) is 5.63. The molecular formula is C15H20N4O2. The van der Waals surface area contributed by atoms with Gasteiger partial charge in [0.15, 0.2) is 11.5 Å². The molecule has 0 spiro atoms. The van der Waals surface area contributed by atoms with Gasteiger partial charge in [0.05, 0.1) is 14.2 Å². The Morgan fingerprint density at radius 3 is 2.24 bits per heavy atom. The average molecular weight is 288 g/mol. The van der Waals surface area contributed by atoms with Crippen molar-refractivity contribution >= 4 is 17.3 Å². The largest absolute Gasteiger partial charge is 0.493 e. The Labute approximate surface area is 124 Å². The lowest BCUT2D eigenvalue weighted by Crippen LogP contribution is -2.05. The molecule has 112 valence electrons. The summed E-state index contributed by atoms with van der Waals surface area (Å²) < 4.78 is 10.5. The third-order valence-corrected chi connectivity index (χ3v) is 3.14. The number of rotatable bonds is 5. The second-order valence-corrected chi connectivity index (χ2v) is 4.54. The predicted molar refractivity (Wildman–Crippen MR) is 83.9 cm³/mol. The van der Waals surface area contributed by atoms with Crippen LogP contribution in [0.4, 0.5) is 17.3 Å². The highest BCUT2D eigenvalue weighted by atomic mass is 16.5. The number of anilines is 3. The summed E-state index contributed by atoms with van der Waals surface area (Å²) in [4.78, 5) is 8.79. The number of nitrogens with zero attached hydrogens (tertiary/aromatic N) is 2. The molecule has 0 saturated carbocycles. The van der Waals surface area contributed by atoms with Crippen molar-refractivity contribution in [1.29, 1.82) is 0 Å². The van der Waals surface area contributed by atoms with Crippen LogP contribution in [0.3, 0.4) is 0 Å². The molecular weight excluding hydrogens is 268 g/mol. The van der Waals surface area contributed by atoms with Crippen LogP contribution in [0.2, 0.25) is 0 Å². The van der Waals surface area contributed by atoms with E-state index in [1.807, 2.05) is 39.1 Å². The van der Waals surface area contributed by atoms with Gasteiger partial charge in [-0.05, 0) is 26.0 Å². The molecule has 1 aromatic carbocycles. The molecule has 21 heavy (non-hydrogen) atoms. The highest BCUT2D eigenvalue weighted by Crippen LogP contribution is 2.31. The van der Waals surface area contributed by atoms with Crippen molar-refractivity contribution in [2.45, 2.75) is 13.8 Å². The molecule has 0 fully saturated rings. The molecule has 6 nitrogen and oxygen atoms in total. The minimum absolute atomic E-state index is 0.666. The van der Waals surface area contributed by atoms with Crippen LogP contribution in [0.15, 0.2) is 18.2 Å². The van der Waals surface area contributed by atoms with Crippen LogP contribution in [0.5, 0.6) is 11.5 Å². The van der Waals surface area contributed by atoms with Gasteiger partial charge in [0, 0.05) is 24.4 Å². The number of ether oxygens (including phenoxy) is 2. The summed E-state index contributed by atoms with van der Waals surface area (Å²) in [5.41, 5.74) is 1.83. The van der Waals surface area contributed by atoms with E-state index in [2.05, 4.69) is 20.6 Å². The van der Waals surface area contributed by atoms with Crippen LogP contribution in [-0.2, 0) is 0 Å². The Hall–Kier alpha value is -2.50. The predicted octanol–water partition coefficient (Wildman–Crippen LogP) is 2.90. The second kappa shape index (κ2) is 6.30. The fourth-order valence-electron chi connectivity index (χ4n) is 2.04. The molecule has 0 saturated heterocycles. The van der Waals surface area contributed by atoms with Gasteiger partial charge in [-0.3, -0.25) is 0 Å². The van der Waals surface area contributed by atoms with Crippen LogP contribution in [0, 0.1) is 13.8 Å². The fourth-order valence-corrected chi connectivity index (χ4v) is 2.04. The van der Waals surface area contributed by atoms with E-state index in [9.17, 15) is 0 Å². The van der Waals surface area contributed by atoms with Crippen LogP contribution in [0.25, 0.3) is 0 Å². The summed E-state index contributed by atoms with van der Waals surface area (Å²) in [6.45, 7) is 3.83. The van der Waals surface area contributed by atoms with E-state index in [0.29, 0.717) is 17.3 Å². The lowest BCUT2D eigenvalue weighted by atomic mass is 10.2. The maximum Gasteiger partial charge on any atom is 0.162 e. The standard InChI is InChI=1S/C15H20N4O2/c1-9-14(16-3)17-10(2)18-15(9)19-11-6-7-12(20-4)13(8-11)21-5/h6-8H,1-5H3,(H2,16,17,18,19). The molecule has 0 aliphatic heterocycles. The smallest absolute Gasteiger partial charge is 0.162 e. The first-order valence-electron chi connectivity index (χ1n) is 6.61. The number of aryl methyl sites for hydroxylation is 1. The molecule has 2 N–H and O–H groups in total. The van der Waals surface area contributed by atoms with E-state index in [1.54, 1.807) is 14.2 Å². The van der Waals surface area contributed by atoms with Crippen LogP contribution >= 0.6 is 0 Å². The number of nitrogens with one attached hydrogen (secondary N) is 2. The van der Waals surface area contributed by atoms with Gasteiger partial charge in [-0.1, -0.05) is 0 Å². The molecule has 0 amide bonds. The molecule has 0 radical (unpaired) electrons. The van der Waals surface area contributed by atoms with Gasteiger partial charge >= 0.3 is 0 Å². The Morgan fingerprint density at radius 1 is 0.952 bits per heavy atom. The fraction of sp³-hybridized carbons (Fsp3) is 0.333. The van der Waals surface area contributed by atoms with Gasteiger partial charge in [-0.25, -0.2) is 9.97 Å². The van der Waals surface area contributed by atoms with Gasteiger partial charge in [-0.15, -0.1) is 0 Å². The molecule has 6 heteroatoms. The van der Waals surface area contributed by atoms with Crippen molar-refractivity contribution < 1.29 is 9.47 Å². The SMILES string of the molecule is CNc1nc(C)nc(Nc2ccc(OC)c(OC)c2)c1C. The van der Waals surface area contributed by atoms with Gasteiger partial charge < -0.3 is 20.1 Å². The number of benzene rings is 1. The Kier molecular flexibility index (Phi) is 4.47. The van der Waals surface area contributed by atoms with Crippen molar-refractivity contribution in [2.24, 2.45) is 0 Å². The Morgan fingerprint density at radius 2 is 1.62 bits per heavy atom. The zero-order valence-electron chi connectivity index (χ0n) is 12.9. The monoisotopic (exact) mass is 288 g/mol. The molecule has 0 aliphatic carbocycles. The number of hydrogen-bond acceptors (Lipinski definition) is 6. The lowest BCUT2D eigenvalue weighted by Gasteiger charge is -2.14. The topological polar surface area (TPSA) is 68.3 Å². The zero-order chi connectivity index (χ0) is 15.4. The molecule has 0 unspecified atom stereocenters. The van der Waals surface area contributed by atoms with Gasteiger partial charge in [-0.2, -0.15) is 0 Å².